The van der Waals surface area contributed by atoms with Gasteiger partial charge in [-0.2, -0.15) is 0 Å². The molecular formula is C11H12ClN3O2. The molecule has 0 radical (unpaired) electrons. The molecule has 0 aliphatic carbocycles. The highest BCUT2D eigenvalue weighted by Gasteiger charge is 2.07. The number of rotatable bonds is 4. The predicted octanol–water partition coefficient (Wildman–Crippen LogP) is 2.65. The SMILES string of the molecule is COc1ccc(Cl)cc1NCc1nonc1C. The van der Waals surface area contributed by atoms with Crippen LogP contribution in [0.15, 0.2) is 22.8 Å². The summed E-state index contributed by atoms with van der Waals surface area (Å²) in [6, 6.07) is 5.37. The fraction of sp³-hybridized carbons (Fsp3) is 0.273. The quantitative estimate of drug-likeness (QED) is 0.908. The maximum atomic E-state index is 5.92. The second-order valence-electron chi connectivity index (χ2n) is 3.49. The lowest BCUT2D eigenvalue weighted by molar-refractivity contribution is 0.301. The molecule has 6 heteroatoms. The third-order valence-corrected chi connectivity index (χ3v) is 2.59. The van der Waals surface area contributed by atoms with E-state index in [0.717, 1.165) is 22.8 Å². The van der Waals surface area contributed by atoms with Gasteiger partial charge in [-0.1, -0.05) is 21.9 Å². The summed E-state index contributed by atoms with van der Waals surface area (Å²) in [4.78, 5) is 0. The normalized spacial score (nSPS) is 10.3. The van der Waals surface area contributed by atoms with Crippen molar-refractivity contribution in [3.8, 4) is 5.75 Å². The summed E-state index contributed by atoms with van der Waals surface area (Å²) in [5.74, 6) is 0.725. The van der Waals surface area contributed by atoms with Crippen molar-refractivity contribution in [3.63, 3.8) is 0 Å². The number of aryl methyl sites for hydroxylation is 1. The van der Waals surface area contributed by atoms with E-state index in [4.69, 9.17) is 16.3 Å². The number of nitrogens with one attached hydrogen (secondary N) is 1. The van der Waals surface area contributed by atoms with Crippen molar-refractivity contribution >= 4 is 17.3 Å². The number of hydrogen-bond acceptors (Lipinski definition) is 5. The van der Waals surface area contributed by atoms with Crippen LogP contribution in [0.5, 0.6) is 5.75 Å². The summed E-state index contributed by atoms with van der Waals surface area (Å²) >= 11 is 5.92. The van der Waals surface area contributed by atoms with Gasteiger partial charge in [0.1, 0.15) is 17.1 Å². The summed E-state index contributed by atoms with van der Waals surface area (Å²) in [5.41, 5.74) is 2.33. The second kappa shape index (κ2) is 5.05. The van der Waals surface area contributed by atoms with Crippen LogP contribution < -0.4 is 10.1 Å². The van der Waals surface area contributed by atoms with Gasteiger partial charge in [-0.3, -0.25) is 0 Å². The summed E-state index contributed by atoms with van der Waals surface area (Å²) in [6.45, 7) is 2.34. The van der Waals surface area contributed by atoms with E-state index >= 15 is 0 Å². The first-order chi connectivity index (χ1) is 8.20. The average Bonchev–Trinajstić information content (AvgIpc) is 2.72. The van der Waals surface area contributed by atoms with E-state index in [1.807, 2.05) is 6.92 Å². The molecule has 0 atom stereocenters. The molecule has 17 heavy (non-hydrogen) atoms. The molecule has 0 spiro atoms. The van der Waals surface area contributed by atoms with Gasteiger partial charge in [0, 0.05) is 5.02 Å². The van der Waals surface area contributed by atoms with E-state index in [2.05, 4.69) is 20.3 Å². The topological polar surface area (TPSA) is 60.2 Å². The number of halogens is 1. The minimum absolute atomic E-state index is 0.506. The Labute approximate surface area is 104 Å². The van der Waals surface area contributed by atoms with Crippen LogP contribution >= 0.6 is 11.6 Å². The highest BCUT2D eigenvalue weighted by atomic mass is 35.5. The number of hydrogen-bond donors (Lipinski definition) is 1. The Balaban J connectivity index is 2.13. The van der Waals surface area contributed by atoms with Crippen molar-refractivity contribution in [2.24, 2.45) is 0 Å². The van der Waals surface area contributed by atoms with Gasteiger partial charge in [0.15, 0.2) is 0 Å². The molecule has 0 saturated carbocycles. The predicted molar refractivity (Wildman–Crippen MR) is 64.4 cm³/mol. The number of methoxy groups -OCH3 is 1. The average molecular weight is 254 g/mol. The molecule has 0 fully saturated rings. The molecule has 1 heterocycles. The number of benzene rings is 1. The third kappa shape index (κ3) is 2.68. The number of nitrogens with zero attached hydrogens (tertiary/aromatic N) is 2. The Hall–Kier alpha value is -1.75. The number of ether oxygens (including phenoxy) is 1. The molecular weight excluding hydrogens is 242 g/mol. The van der Waals surface area contributed by atoms with Crippen molar-refractivity contribution in [2.45, 2.75) is 13.5 Å². The summed E-state index contributed by atoms with van der Waals surface area (Å²) in [7, 11) is 1.61. The van der Waals surface area contributed by atoms with E-state index in [1.165, 1.54) is 0 Å². The van der Waals surface area contributed by atoms with Crippen molar-refractivity contribution in [1.82, 2.24) is 10.3 Å². The molecule has 0 aliphatic rings. The zero-order valence-electron chi connectivity index (χ0n) is 9.53. The fourth-order valence-electron chi connectivity index (χ4n) is 1.41. The van der Waals surface area contributed by atoms with E-state index in [1.54, 1.807) is 25.3 Å². The van der Waals surface area contributed by atoms with Crippen LogP contribution in [0.25, 0.3) is 0 Å². The maximum absolute atomic E-state index is 5.92. The van der Waals surface area contributed by atoms with Crippen LogP contribution in [-0.2, 0) is 6.54 Å². The van der Waals surface area contributed by atoms with Gasteiger partial charge in [-0.05, 0) is 25.1 Å². The molecule has 0 saturated heterocycles. The van der Waals surface area contributed by atoms with Gasteiger partial charge in [0.05, 0.1) is 19.3 Å². The van der Waals surface area contributed by atoms with Gasteiger partial charge in [-0.15, -0.1) is 0 Å². The van der Waals surface area contributed by atoms with E-state index in [0.29, 0.717) is 11.6 Å². The lowest BCUT2D eigenvalue weighted by Gasteiger charge is -2.10. The largest absolute Gasteiger partial charge is 0.495 e. The van der Waals surface area contributed by atoms with Crippen molar-refractivity contribution in [2.75, 3.05) is 12.4 Å². The molecule has 2 aromatic rings. The third-order valence-electron chi connectivity index (χ3n) is 2.35. The van der Waals surface area contributed by atoms with Gasteiger partial charge >= 0.3 is 0 Å². The van der Waals surface area contributed by atoms with Crippen molar-refractivity contribution in [1.29, 1.82) is 0 Å². The van der Waals surface area contributed by atoms with Gasteiger partial charge in [0.25, 0.3) is 0 Å². The Bertz CT molecular complexity index is 513. The van der Waals surface area contributed by atoms with Gasteiger partial charge in [-0.25, -0.2) is 4.63 Å². The molecule has 0 amide bonds. The summed E-state index contributed by atoms with van der Waals surface area (Å²) in [6.07, 6.45) is 0. The Kier molecular flexibility index (Phi) is 3.49. The van der Waals surface area contributed by atoms with E-state index in [-0.39, 0.29) is 0 Å². The first-order valence-electron chi connectivity index (χ1n) is 5.06. The lowest BCUT2D eigenvalue weighted by atomic mass is 10.2. The van der Waals surface area contributed by atoms with Crippen LogP contribution in [0.1, 0.15) is 11.4 Å². The molecule has 1 aromatic carbocycles. The highest BCUT2D eigenvalue weighted by molar-refractivity contribution is 6.30. The van der Waals surface area contributed by atoms with Crippen molar-refractivity contribution < 1.29 is 9.37 Å². The Morgan fingerprint density at radius 2 is 2.24 bits per heavy atom. The van der Waals surface area contributed by atoms with Crippen LogP contribution in [-0.4, -0.2) is 17.4 Å². The molecule has 1 N–H and O–H groups in total. The standard InChI is InChI=1S/C11H12ClN3O2/c1-7-10(15-17-14-7)6-13-9-5-8(12)3-4-11(9)16-2/h3-5,13H,6H2,1-2H3. The molecule has 2 rings (SSSR count). The molecule has 90 valence electrons. The minimum Gasteiger partial charge on any atom is -0.495 e. The maximum Gasteiger partial charge on any atom is 0.142 e. The fourth-order valence-corrected chi connectivity index (χ4v) is 1.58. The minimum atomic E-state index is 0.506. The first-order valence-corrected chi connectivity index (χ1v) is 5.44. The van der Waals surface area contributed by atoms with Gasteiger partial charge < -0.3 is 10.1 Å². The summed E-state index contributed by atoms with van der Waals surface area (Å²) < 4.78 is 9.84. The molecule has 5 nitrogen and oxygen atoms in total. The molecule has 0 aliphatic heterocycles. The van der Waals surface area contributed by atoms with Gasteiger partial charge in [0.2, 0.25) is 0 Å². The molecule has 0 unspecified atom stereocenters. The monoisotopic (exact) mass is 253 g/mol. The van der Waals surface area contributed by atoms with Crippen LogP contribution in [0.2, 0.25) is 5.02 Å². The lowest BCUT2D eigenvalue weighted by Crippen LogP contribution is -2.03. The molecule has 1 aromatic heterocycles. The van der Waals surface area contributed by atoms with Crippen LogP contribution in [0.3, 0.4) is 0 Å². The Morgan fingerprint density at radius 1 is 1.41 bits per heavy atom. The van der Waals surface area contributed by atoms with Crippen LogP contribution in [0, 0.1) is 6.92 Å². The number of anilines is 1. The smallest absolute Gasteiger partial charge is 0.142 e. The van der Waals surface area contributed by atoms with Crippen molar-refractivity contribution in [3.05, 3.63) is 34.6 Å². The van der Waals surface area contributed by atoms with E-state index in [9.17, 15) is 0 Å². The first kappa shape index (κ1) is 11.7. The molecule has 0 bridgehead atoms. The number of aromatic nitrogens is 2. The van der Waals surface area contributed by atoms with Crippen LogP contribution in [0.4, 0.5) is 5.69 Å². The zero-order chi connectivity index (χ0) is 12.3. The zero-order valence-corrected chi connectivity index (χ0v) is 10.3. The van der Waals surface area contributed by atoms with E-state index < -0.39 is 0 Å². The summed E-state index contributed by atoms with van der Waals surface area (Å²) in [5, 5.41) is 11.3. The highest BCUT2D eigenvalue weighted by Crippen LogP contribution is 2.28. The Morgan fingerprint density at radius 3 is 2.88 bits per heavy atom. The second-order valence-corrected chi connectivity index (χ2v) is 3.93.